The summed E-state index contributed by atoms with van der Waals surface area (Å²) >= 11 is 0. The lowest BCUT2D eigenvalue weighted by atomic mass is 10.1. The first-order chi connectivity index (χ1) is 11.8. The highest BCUT2D eigenvalue weighted by molar-refractivity contribution is 5.86. The van der Waals surface area contributed by atoms with Gasteiger partial charge in [0.1, 0.15) is 16.8 Å². The lowest BCUT2D eigenvalue weighted by Crippen LogP contribution is -2.14. The second-order valence-electron chi connectivity index (χ2n) is 5.87. The highest BCUT2D eigenvalue weighted by Gasteiger charge is 2.21. The van der Waals surface area contributed by atoms with Gasteiger partial charge in [-0.25, -0.2) is 14.6 Å². The van der Waals surface area contributed by atoms with Crippen molar-refractivity contribution >= 4 is 16.9 Å². The predicted octanol–water partition coefficient (Wildman–Crippen LogP) is 1.21. The molecule has 3 aromatic heterocycles. The van der Waals surface area contributed by atoms with Crippen LogP contribution in [0.3, 0.4) is 0 Å². The number of methoxy groups -OCH3 is 1. The SMILES string of the molecule is CCn1c(-c2nonc2N)nc2c(C#CC(C)(C)O)nc(OC)cc21. The Labute approximate surface area is 143 Å². The zero-order chi connectivity index (χ0) is 18.2. The first kappa shape index (κ1) is 16.7. The normalized spacial score (nSPS) is 11.4. The number of aromatic nitrogens is 5. The molecule has 0 bridgehead atoms. The highest BCUT2D eigenvalue weighted by atomic mass is 16.6. The molecule has 0 unspecified atom stereocenters. The molecule has 0 radical (unpaired) electrons. The van der Waals surface area contributed by atoms with Gasteiger partial charge in [0.25, 0.3) is 0 Å². The zero-order valence-electron chi connectivity index (χ0n) is 14.4. The first-order valence-corrected chi connectivity index (χ1v) is 7.63. The zero-order valence-corrected chi connectivity index (χ0v) is 14.4. The van der Waals surface area contributed by atoms with Crippen molar-refractivity contribution in [2.75, 3.05) is 12.8 Å². The number of rotatable bonds is 3. The largest absolute Gasteiger partial charge is 0.481 e. The number of hydrogen-bond acceptors (Lipinski definition) is 8. The van der Waals surface area contributed by atoms with Gasteiger partial charge in [-0.15, -0.1) is 0 Å². The molecule has 9 heteroatoms. The molecule has 0 aliphatic carbocycles. The van der Waals surface area contributed by atoms with Crippen molar-refractivity contribution in [3.8, 4) is 29.2 Å². The van der Waals surface area contributed by atoms with Crippen molar-refractivity contribution in [2.24, 2.45) is 0 Å². The summed E-state index contributed by atoms with van der Waals surface area (Å²) in [4.78, 5) is 8.92. The maximum atomic E-state index is 9.86. The molecule has 3 heterocycles. The maximum Gasteiger partial charge on any atom is 0.216 e. The van der Waals surface area contributed by atoms with E-state index in [0.717, 1.165) is 5.52 Å². The smallest absolute Gasteiger partial charge is 0.216 e. The number of pyridine rings is 1. The fourth-order valence-electron chi connectivity index (χ4n) is 2.35. The van der Waals surface area contributed by atoms with E-state index in [0.29, 0.717) is 35.2 Å². The Kier molecular flexibility index (Phi) is 4.06. The van der Waals surface area contributed by atoms with Crippen molar-refractivity contribution < 1.29 is 14.5 Å². The number of aryl methyl sites for hydroxylation is 1. The van der Waals surface area contributed by atoms with E-state index in [1.165, 1.54) is 7.11 Å². The van der Waals surface area contributed by atoms with Crippen molar-refractivity contribution in [1.29, 1.82) is 0 Å². The maximum absolute atomic E-state index is 9.86. The molecular formula is C16H18N6O3. The molecule has 0 amide bonds. The van der Waals surface area contributed by atoms with Crippen LogP contribution in [-0.4, -0.2) is 42.7 Å². The summed E-state index contributed by atoms with van der Waals surface area (Å²) < 4.78 is 11.8. The Morgan fingerprint density at radius 2 is 2.12 bits per heavy atom. The average Bonchev–Trinajstić information content (AvgIpc) is 3.14. The Balaban J connectivity index is 2.32. The quantitative estimate of drug-likeness (QED) is 0.681. The van der Waals surface area contributed by atoms with Crippen LogP contribution in [0.4, 0.5) is 5.82 Å². The number of imidazole rings is 1. The minimum atomic E-state index is -1.16. The van der Waals surface area contributed by atoms with E-state index in [1.807, 2.05) is 11.5 Å². The minimum absolute atomic E-state index is 0.147. The van der Waals surface area contributed by atoms with Crippen molar-refractivity contribution in [3.05, 3.63) is 11.8 Å². The number of nitrogens with two attached hydrogens (primary N) is 1. The van der Waals surface area contributed by atoms with Gasteiger partial charge in [-0.1, -0.05) is 5.92 Å². The van der Waals surface area contributed by atoms with Crippen LogP contribution in [0.1, 0.15) is 26.5 Å². The second kappa shape index (κ2) is 6.07. The molecule has 3 N–H and O–H groups in total. The van der Waals surface area contributed by atoms with Gasteiger partial charge < -0.3 is 20.1 Å². The van der Waals surface area contributed by atoms with Gasteiger partial charge in [-0.05, 0) is 37.0 Å². The lowest BCUT2D eigenvalue weighted by molar-refractivity contribution is 0.143. The van der Waals surface area contributed by atoms with Gasteiger partial charge in [0, 0.05) is 12.6 Å². The standard InChI is InChI=1S/C16H18N6O3/c1-5-22-10-8-11(24-4)18-9(6-7-16(2,3)23)12(10)19-15(22)13-14(17)21-25-20-13/h8,23H,5H2,1-4H3,(H2,17,21). The van der Waals surface area contributed by atoms with Gasteiger partial charge in [0.05, 0.1) is 12.6 Å². The van der Waals surface area contributed by atoms with Gasteiger partial charge in [-0.2, -0.15) is 0 Å². The number of nitrogens with zero attached hydrogens (tertiary/aromatic N) is 5. The van der Waals surface area contributed by atoms with E-state index in [-0.39, 0.29) is 5.82 Å². The summed E-state index contributed by atoms with van der Waals surface area (Å²) in [6, 6.07) is 1.76. The van der Waals surface area contributed by atoms with E-state index >= 15 is 0 Å². The summed E-state index contributed by atoms with van der Waals surface area (Å²) in [7, 11) is 1.52. The van der Waals surface area contributed by atoms with Crippen molar-refractivity contribution in [2.45, 2.75) is 32.9 Å². The number of hydrogen-bond donors (Lipinski definition) is 2. The number of nitrogen functional groups attached to an aromatic ring is 1. The van der Waals surface area contributed by atoms with Crippen LogP contribution < -0.4 is 10.5 Å². The van der Waals surface area contributed by atoms with Crippen molar-refractivity contribution in [3.63, 3.8) is 0 Å². The summed E-state index contributed by atoms with van der Waals surface area (Å²) in [6.07, 6.45) is 0. The number of anilines is 1. The van der Waals surface area contributed by atoms with E-state index < -0.39 is 5.60 Å². The number of ether oxygens (including phenoxy) is 1. The molecule has 3 rings (SSSR count). The molecule has 0 saturated heterocycles. The molecule has 130 valence electrons. The third-order valence-electron chi connectivity index (χ3n) is 3.45. The lowest BCUT2D eigenvalue weighted by Gasteiger charge is -2.07. The fraction of sp³-hybridized carbons (Fsp3) is 0.375. The Morgan fingerprint density at radius 1 is 1.36 bits per heavy atom. The number of aliphatic hydroxyl groups is 1. The van der Waals surface area contributed by atoms with E-state index in [1.54, 1.807) is 19.9 Å². The minimum Gasteiger partial charge on any atom is -0.481 e. The molecule has 25 heavy (non-hydrogen) atoms. The average molecular weight is 342 g/mol. The fourth-order valence-corrected chi connectivity index (χ4v) is 2.35. The van der Waals surface area contributed by atoms with Gasteiger partial charge in [0.2, 0.25) is 5.88 Å². The van der Waals surface area contributed by atoms with Gasteiger partial charge in [0.15, 0.2) is 17.3 Å². The number of fused-ring (bicyclic) bond motifs is 1. The van der Waals surface area contributed by atoms with E-state index in [9.17, 15) is 5.11 Å². The second-order valence-corrected chi connectivity index (χ2v) is 5.87. The molecule has 0 fully saturated rings. The molecule has 0 spiro atoms. The molecule has 9 nitrogen and oxygen atoms in total. The highest BCUT2D eigenvalue weighted by Crippen LogP contribution is 2.29. The third-order valence-corrected chi connectivity index (χ3v) is 3.45. The Morgan fingerprint density at radius 3 is 2.68 bits per heavy atom. The molecule has 0 atom stereocenters. The monoisotopic (exact) mass is 342 g/mol. The van der Waals surface area contributed by atoms with Crippen LogP contribution in [0.15, 0.2) is 10.7 Å². The molecule has 0 aliphatic rings. The van der Waals surface area contributed by atoms with Crippen LogP contribution in [-0.2, 0) is 6.54 Å². The molecule has 0 saturated carbocycles. The molecule has 0 aliphatic heterocycles. The Hall–Kier alpha value is -3.12. The summed E-state index contributed by atoms with van der Waals surface area (Å²) in [6.45, 7) is 5.75. The van der Waals surface area contributed by atoms with E-state index in [4.69, 9.17) is 10.5 Å². The van der Waals surface area contributed by atoms with E-state index in [2.05, 4.69) is 36.8 Å². The molecule has 3 aromatic rings. The van der Waals surface area contributed by atoms with Gasteiger partial charge >= 0.3 is 0 Å². The summed E-state index contributed by atoms with van der Waals surface area (Å²) in [5.41, 5.74) is 6.69. The van der Waals surface area contributed by atoms with Gasteiger partial charge in [-0.3, -0.25) is 0 Å². The summed E-state index contributed by atoms with van der Waals surface area (Å²) in [5, 5.41) is 17.3. The molecular weight excluding hydrogens is 324 g/mol. The van der Waals surface area contributed by atoms with Crippen LogP contribution in [0.5, 0.6) is 5.88 Å². The van der Waals surface area contributed by atoms with Crippen molar-refractivity contribution in [1.82, 2.24) is 24.8 Å². The van der Waals surface area contributed by atoms with Crippen LogP contribution >= 0.6 is 0 Å². The van der Waals surface area contributed by atoms with Crippen LogP contribution in [0.25, 0.3) is 22.6 Å². The molecule has 0 aromatic carbocycles. The first-order valence-electron chi connectivity index (χ1n) is 7.63. The third kappa shape index (κ3) is 3.12. The van der Waals surface area contributed by atoms with Crippen LogP contribution in [0.2, 0.25) is 0 Å². The predicted molar refractivity (Wildman–Crippen MR) is 90.6 cm³/mol. The van der Waals surface area contributed by atoms with Crippen LogP contribution in [0, 0.1) is 11.8 Å². The Bertz CT molecular complexity index is 987. The summed E-state index contributed by atoms with van der Waals surface area (Å²) in [5.74, 6) is 6.64. The topological polar surface area (TPSA) is 125 Å².